The molecule has 13 heavy (non-hydrogen) atoms. The molecule has 0 spiro atoms. The van der Waals surface area contributed by atoms with Crippen molar-refractivity contribution in [2.45, 2.75) is 45.8 Å². The molecular formula is C11H21NO. The lowest BCUT2D eigenvalue weighted by Crippen LogP contribution is -2.40. The van der Waals surface area contributed by atoms with Gasteiger partial charge in [-0.05, 0) is 34.6 Å². The molecule has 0 rings (SSSR count). The van der Waals surface area contributed by atoms with Crippen LogP contribution in [0.4, 0.5) is 0 Å². The summed E-state index contributed by atoms with van der Waals surface area (Å²) in [6, 6.07) is 0. The van der Waals surface area contributed by atoms with Gasteiger partial charge >= 0.3 is 0 Å². The molecule has 0 aromatic rings. The van der Waals surface area contributed by atoms with Gasteiger partial charge < -0.3 is 4.74 Å². The molecule has 0 amide bonds. The van der Waals surface area contributed by atoms with Gasteiger partial charge in [0.2, 0.25) is 0 Å². The molecule has 0 fully saturated rings. The summed E-state index contributed by atoms with van der Waals surface area (Å²) in [6.45, 7) is 11.6. The lowest BCUT2D eigenvalue weighted by Gasteiger charge is -2.23. The maximum atomic E-state index is 5.54. The first-order chi connectivity index (χ1) is 5.77. The van der Waals surface area contributed by atoms with Crippen LogP contribution in [0.25, 0.3) is 0 Å². The Labute approximate surface area is 82.1 Å². The standard InChI is InChI=1S/C11H21NO/c1-7-11(5,6)12-8-9-13-10(2,3)4/h1,12H,8-9H2,2-6H3. The zero-order chi connectivity index (χ0) is 10.5. The first-order valence-corrected chi connectivity index (χ1v) is 4.64. The van der Waals surface area contributed by atoms with E-state index in [-0.39, 0.29) is 11.1 Å². The van der Waals surface area contributed by atoms with Gasteiger partial charge in [-0.15, -0.1) is 6.42 Å². The van der Waals surface area contributed by atoms with Crippen molar-refractivity contribution in [1.82, 2.24) is 5.32 Å². The molecule has 76 valence electrons. The molecule has 0 aliphatic carbocycles. The van der Waals surface area contributed by atoms with Gasteiger partial charge in [0.15, 0.2) is 0 Å². The molecule has 1 N–H and O–H groups in total. The van der Waals surface area contributed by atoms with Crippen LogP contribution in [-0.2, 0) is 4.74 Å². The van der Waals surface area contributed by atoms with Crippen LogP contribution in [0.15, 0.2) is 0 Å². The van der Waals surface area contributed by atoms with Crippen LogP contribution >= 0.6 is 0 Å². The third-order valence-corrected chi connectivity index (χ3v) is 1.56. The maximum Gasteiger partial charge on any atom is 0.0742 e. The van der Waals surface area contributed by atoms with Crippen molar-refractivity contribution in [3.63, 3.8) is 0 Å². The van der Waals surface area contributed by atoms with Crippen molar-refractivity contribution in [3.05, 3.63) is 0 Å². The van der Waals surface area contributed by atoms with E-state index in [0.717, 1.165) is 6.54 Å². The molecule has 0 unspecified atom stereocenters. The predicted octanol–water partition coefficient (Wildman–Crippen LogP) is 1.80. The van der Waals surface area contributed by atoms with E-state index in [1.807, 2.05) is 34.6 Å². The number of hydrogen-bond donors (Lipinski definition) is 1. The number of rotatable bonds is 4. The summed E-state index contributed by atoms with van der Waals surface area (Å²) >= 11 is 0. The average Bonchev–Trinajstić information content (AvgIpc) is 1.97. The summed E-state index contributed by atoms with van der Waals surface area (Å²) in [5, 5.41) is 3.22. The second kappa shape index (κ2) is 4.64. The highest BCUT2D eigenvalue weighted by Gasteiger charge is 2.13. The highest BCUT2D eigenvalue weighted by Crippen LogP contribution is 2.05. The van der Waals surface area contributed by atoms with Crippen LogP contribution in [0.1, 0.15) is 34.6 Å². The van der Waals surface area contributed by atoms with Gasteiger partial charge in [0.25, 0.3) is 0 Å². The quantitative estimate of drug-likeness (QED) is 0.530. The minimum Gasteiger partial charge on any atom is -0.375 e. The molecule has 0 heterocycles. The highest BCUT2D eigenvalue weighted by molar-refractivity contribution is 5.07. The Balaban J connectivity index is 3.54. The summed E-state index contributed by atoms with van der Waals surface area (Å²) in [7, 11) is 0. The zero-order valence-electron chi connectivity index (χ0n) is 9.40. The Morgan fingerprint density at radius 3 is 2.15 bits per heavy atom. The highest BCUT2D eigenvalue weighted by atomic mass is 16.5. The van der Waals surface area contributed by atoms with Crippen LogP contribution < -0.4 is 5.32 Å². The van der Waals surface area contributed by atoms with Gasteiger partial charge in [-0.1, -0.05) is 5.92 Å². The van der Waals surface area contributed by atoms with Crippen LogP contribution in [0.2, 0.25) is 0 Å². The van der Waals surface area contributed by atoms with Gasteiger partial charge in [0.1, 0.15) is 0 Å². The van der Waals surface area contributed by atoms with Crippen LogP contribution in [-0.4, -0.2) is 24.3 Å². The lowest BCUT2D eigenvalue weighted by atomic mass is 10.1. The maximum absolute atomic E-state index is 5.54. The summed E-state index contributed by atoms with van der Waals surface area (Å²) in [6.07, 6.45) is 5.32. The molecule has 2 heteroatoms. The molecule has 0 bridgehead atoms. The number of nitrogens with one attached hydrogen (secondary N) is 1. The molecule has 0 atom stereocenters. The molecule has 0 aromatic heterocycles. The first-order valence-electron chi connectivity index (χ1n) is 4.64. The Kier molecular flexibility index (Phi) is 4.46. The fourth-order valence-corrected chi connectivity index (χ4v) is 0.772. The molecule has 0 saturated carbocycles. The van der Waals surface area contributed by atoms with E-state index in [4.69, 9.17) is 11.2 Å². The summed E-state index contributed by atoms with van der Waals surface area (Å²) in [4.78, 5) is 0. The summed E-state index contributed by atoms with van der Waals surface area (Å²) in [5.41, 5.74) is -0.302. The fourth-order valence-electron chi connectivity index (χ4n) is 0.772. The average molecular weight is 183 g/mol. The van der Waals surface area contributed by atoms with Crippen molar-refractivity contribution < 1.29 is 4.74 Å². The molecular weight excluding hydrogens is 162 g/mol. The molecule has 0 radical (unpaired) electrons. The molecule has 0 aromatic carbocycles. The second-order valence-electron chi connectivity index (χ2n) is 4.66. The first kappa shape index (κ1) is 12.5. The topological polar surface area (TPSA) is 21.3 Å². The van der Waals surface area contributed by atoms with Crippen LogP contribution in [0.3, 0.4) is 0 Å². The van der Waals surface area contributed by atoms with Crippen molar-refractivity contribution in [2.24, 2.45) is 0 Å². The second-order valence-corrected chi connectivity index (χ2v) is 4.66. The smallest absolute Gasteiger partial charge is 0.0742 e. The van der Waals surface area contributed by atoms with E-state index in [2.05, 4.69) is 11.2 Å². The van der Waals surface area contributed by atoms with Crippen molar-refractivity contribution in [1.29, 1.82) is 0 Å². The van der Waals surface area contributed by atoms with Gasteiger partial charge in [-0.3, -0.25) is 5.32 Å². The molecule has 0 aliphatic heterocycles. The van der Waals surface area contributed by atoms with Gasteiger partial charge in [-0.2, -0.15) is 0 Å². The Morgan fingerprint density at radius 1 is 1.23 bits per heavy atom. The monoisotopic (exact) mass is 183 g/mol. The number of hydrogen-bond acceptors (Lipinski definition) is 2. The minimum atomic E-state index is -0.235. The lowest BCUT2D eigenvalue weighted by molar-refractivity contribution is -0.00204. The Hall–Kier alpha value is -0.520. The molecule has 0 saturated heterocycles. The van der Waals surface area contributed by atoms with Crippen molar-refractivity contribution in [3.8, 4) is 12.3 Å². The van der Waals surface area contributed by atoms with E-state index in [1.54, 1.807) is 0 Å². The molecule has 2 nitrogen and oxygen atoms in total. The van der Waals surface area contributed by atoms with E-state index < -0.39 is 0 Å². The minimum absolute atomic E-state index is 0.0675. The summed E-state index contributed by atoms with van der Waals surface area (Å²) < 4.78 is 5.54. The SMILES string of the molecule is C#CC(C)(C)NCCOC(C)(C)C. The van der Waals surface area contributed by atoms with E-state index in [1.165, 1.54) is 0 Å². The zero-order valence-corrected chi connectivity index (χ0v) is 9.40. The van der Waals surface area contributed by atoms with E-state index >= 15 is 0 Å². The number of terminal acetylenes is 1. The van der Waals surface area contributed by atoms with E-state index in [0.29, 0.717) is 6.61 Å². The predicted molar refractivity (Wildman–Crippen MR) is 56.6 cm³/mol. The number of ether oxygens (including phenoxy) is 1. The third-order valence-electron chi connectivity index (χ3n) is 1.56. The third kappa shape index (κ3) is 7.83. The van der Waals surface area contributed by atoms with Crippen molar-refractivity contribution in [2.75, 3.05) is 13.2 Å². The van der Waals surface area contributed by atoms with Gasteiger partial charge in [-0.25, -0.2) is 0 Å². The normalized spacial score (nSPS) is 12.6. The van der Waals surface area contributed by atoms with Gasteiger partial charge in [0.05, 0.1) is 17.7 Å². The fraction of sp³-hybridized carbons (Fsp3) is 0.818. The molecule has 0 aliphatic rings. The van der Waals surface area contributed by atoms with Crippen LogP contribution in [0.5, 0.6) is 0 Å². The Morgan fingerprint density at radius 2 is 1.77 bits per heavy atom. The Bertz CT molecular complexity index is 183. The summed E-state index contributed by atoms with van der Waals surface area (Å²) in [5.74, 6) is 2.67. The van der Waals surface area contributed by atoms with Gasteiger partial charge in [0, 0.05) is 6.54 Å². The van der Waals surface area contributed by atoms with E-state index in [9.17, 15) is 0 Å². The van der Waals surface area contributed by atoms with Crippen molar-refractivity contribution >= 4 is 0 Å². The van der Waals surface area contributed by atoms with Crippen LogP contribution in [0, 0.1) is 12.3 Å². The largest absolute Gasteiger partial charge is 0.375 e.